The first kappa shape index (κ1) is 22.5. The average Bonchev–Trinajstić information content (AvgIpc) is 3.20. The number of carbonyl (C=O) groups excluding carboxylic acids is 2. The van der Waals surface area contributed by atoms with Crippen LogP contribution in [0, 0.1) is 0 Å². The molecule has 1 aromatic heterocycles. The van der Waals surface area contributed by atoms with E-state index >= 15 is 0 Å². The van der Waals surface area contributed by atoms with E-state index in [4.69, 9.17) is 14.6 Å². The molecule has 174 valence electrons. The first-order valence-corrected chi connectivity index (χ1v) is 11.4. The van der Waals surface area contributed by atoms with E-state index in [1.807, 2.05) is 0 Å². The van der Waals surface area contributed by atoms with Gasteiger partial charge in [0.25, 0.3) is 5.91 Å². The van der Waals surface area contributed by atoms with Crippen LogP contribution in [0.5, 0.6) is 0 Å². The number of tetrazole rings is 1. The van der Waals surface area contributed by atoms with Crippen LogP contribution in [-0.2, 0) is 35.4 Å². The minimum Gasteiger partial charge on any atom is -0.478 e. The number of carboxylic acids is 1. The third-order valence-electron chi connectivity index (χ3n) is 5.21. The van der Waals surface area contributed by atoms with Gasteiger partial charge in [-0.3, -0.25) is 14.5 Å². The van der Waals surface area contributed by atoms with Gasteiger partial charge in [-0.25, -0.2) is 13.2 Å². The van der Waals surface area contributed by atoms with Crippen LogP contribution in [0.25, 0.3) is 5.70 Å². The van der Waals surface area contributed by atoms with E-state index in [9.17, 15) is 22.8 Å². The van der Waals surface area contributed by atoms with Gasteiger partial charge < -0.3 is 14.6 Å². The Balaban J connectivity index is 1.68. The lowest BCUT2D eigenvalue weighted by molar-refractivity contribution is -0.156. The average molecular weight is 477 g/mol. The highest BCUT2D eigenvalue weighted by atomic mass is 32.2. The molecule has 1 aromatic carbocycles. The lowest BCUT2D eigenvalue weighted by atomic mass is 10.1. The predicted molar refractivity (Wildman–Crippen MR) is 109 cm³/mol. The van der Waals surface area contributed by atoms with Gasteiger partial charge in [-0.1, -0.05) is 12.1 Å². The van der Waals surface area contributed by atoms with E-state index in [0.29, 0.717) is 5.56 Å². The Morgan fingerprint density at radius 3 is 2.55 bits per heavy atom. The maximum atomic E-state index is 12.8. The summed E-state index contributed by atoms with van der Waals surface area (Å²) in [4.78, 5) is 37.2. The Hall–Kier alpha value is -3.65. The van der Waals surface area contributed by atoms with Crippen LogP contribution in [0.1, 0.15) is 28.7 Å². The SMILES string of the molecule is CO[C@H]1C(=O)N2C(c3nnn(Cc4ccc(C(=O)O)cc4)n3)=C(COC(C)=O)CS(=O)(=O)[C@H]12. The highest BCUT2D eigenvalue weighted by Crippen LogP contribution is 2.41. The number of ether oxygens (including phenoxy) is 2. The third kappa shape index (κ3) is 4.09. The summed E-state index contributed by atoms with van der Waals surface area (Å²) in [6, 6.07) is 6.08. The van der Waals surface area contributed by atoms with Crippen LogP contribution in [0.2, 0.25) is 0 Å². The van der Waals surface area contributed by atoms with Gasteiger partial charge >= 0.3 is 11.9 Å². The zero-order chi connectivity index (χ0) is 23.9. The second-order valence-corrected chi connectivity index (χ2v) is 9.54. The molecule has 1 amide bonds. The fraction of sp³-hybridized carbons (Fsp3) is 0.368. The highest BCUT2D eigenvalue weighted by Gasteiger charge is 2.60. The molecule has 2 aliphatic rings. The Labute approximate surface area is 187 Å². The van der Waals surface area contributed by atoms with Crippen LogP contribution in [0.3, 0.4) is 0 Å². The zero-order valence-electron chi connectivity index (χ0n) is 17.5. The van der Waals surface area contributed by atoms with Gasteiger partial charge in [-0.05, 0) is 22.9 Å². The maximum absolute atomic E-state index is 12.8. The minimum absolute atomic E-state index is 0.0119. The number of methoxy groups -OCH3 is 1. The largest absolute Gasteiger partial charge is 0.478 e. The summed E-state index contributed by atoms with van der Waals surface area (Å²) in [5.41, 5.74) is 1.09. The molecule has 0 aliphatic carbocycles. The number of carboxylic acid groups (broad SMARTS) is 1. The van der Waals surface area contributed by atoms with E-state index in [1.54, 1.807) is 12.1 Å². The number of aromatic carboxylic acids is 1. The first-order valence-electron chi connectivity index (χ1n) is 9.65. The number of β-lactam (4-membered cyclic amide) rings is 1. The quantitative estimate of drug-likeness (QED) is 0.395. The molecular weight excluding hydrogens is 458 g/mol. The number of benzene rings is 1. The van der Waals surface area contributed by atoms with Gasteiger partial charge in [-0.15, -0.1) is 10.2 Å². The van der Waals surface area contributed by atoms with Gasteiger partial charge in [-0.2, -0.15) is 4.80 Å². The lowest BCUT2D eigenvalue weighted by Crippen LogP contribution is -2.69. The van der Waals surface area contributed by atoms with E-state index in [0.717, 1.165) is 4.90 Å². The summed E-state index contributed by atoms with van der Waals surface area (Å²) in [7, 11) is -2.56. The Morgan fingerprint density at radius 2 is 1.94 bits per heavy atom. The molecule has 2 atom stereocenters. The number of hydrogen-bond acceptors (Lipinski definition) is 10. The van der Waals surface area contributed by atoms with Crippen molar-refractivity contribution in [3.05, 3.63) is 46.8 Å². The standard InChI is InChI=1S/C19H19N5O8S/c1-10(25)32-8-13-9-33(29,30)18-15(31-2)17(26)24(18)14(13)16-20-22-23(21-16)7-11-3-5-12(6-4-11)19(27)28/h3-6,15,18H,7-9H2,1-2H3,(H,27,28)/t15-,18+/m0/s1. The van der Waals surface area contributed by atoms with Crippen LogP contribution >= 0.6 is 0 Å². The molecule has 2 aliphatic heterocycles. The number of esters is 1. The lowest BCUT2D eigenvalue weighted by Gasteiger charge is -2.48. The van der Waals surface area contributed by atoms with Crippen molar-refractivity contribution in [1.29, 1.82) is 0 Å². The number of rotatable bonds is 7. The number of fused-ring (bicyclic) bond motifs is 1. The second-order valence-electron chi connectivity index (χ2n) is 7.44. The van der Waals surface area contributed by atoms with E-state index in [-0.39, 0.29) is 35.8 Å². The Bertz CT molecular complexity index is 1270. The van der Waals surface area contributed by atoms with Gasteiger partial charge in [0.05, 0.1) is 23.6 Å². The van der Waals surface area contributed by atoms with Crippen molar-refractivity contribution in [2.24, 2.45) is 0 Å². The number of nitrogens with zero attached hydrogens (tertiary/aromatic N) is 5. The second kappa shape index (κ2) is 8.37. The van der Waals surface area contributed by atoms with Gasteiger partial charge in [0.2, 0.25) is 5.82 Å². The number of hydrogen-bond donors (Lipinski definition) is 1. The van der Waals surface area contributed by atoms with Crippen molar-refractivity contribution in [1.82, 2.24) is 25.1 Å². The van der Waals surface area contributed by atoms with Crippen LogP contribution in [-0.4, -0.2) is 87.4 Å². The molecule has 0 unspecified atom stereocenters. The molecule has 1 fully saturated rings. The number of sulfone groups is 1. The first-order chi connectivity index (χ1) is 15.6. The molecule has 33 heavy (non-hydrogen) atoms. The number of aromatic nitrogens is 4. The molecule has 0 bridgehead atoms. The molecule has 2 aromatic rings. The van der Waals surface area contributed by atoms with Crippen molar-refractivity contribution < 1.29 is 37.4 Å². The van der Waals surface area contributed by atoms with Crippen molar-refractivity contribution in [3.8, 4) is 0 Å². The summed E-state index contributed by atoms with van der Waals surface area (Å²) in [6.45, 7) is 0.972. The van der Waals surface area contributed by atoms with E-state index < -0.39 is 44.9 Å². The fourth-order valence-corrected chi connectivity index (χ4v) is 5.71. The van der Waals surface area contributed by atoms with Crippen molar-refractivity contribution in [2.45, 2.75) is 24.9 Å². The minimum atomic E-state index is -3.81. The monoisotopic (exact) mass is 477 g/mol. The van der Waals surface area contributed by atoms with Crippen LogP contribution < -0.4 is 0 Å². The normalized spacial score (nSPS) is 21.4. The Morgan fingerprint density at radius 1 is 1.24 bits per heavy atom. The Kier molecular flexibility index (Phi) is 5.71. The van der Waals surface area contributed by atoms with Crippen molar-refractivity contribution in [2.75, 3.05) is 19.5 Å². The molecule has 0 saturated carbocycles. The summed E-state index contributed by atoms with van der Waals surface area (Å²) in [5, 5.41) is 20.0. The molecular formula is C19H19N5O8S. The summed E-state index contributed by atoms with van der Waals surface area (Å²) >= 11 is 0. The maximum Gasteiger partial charge on any atom is 0.335 e. The number of amides is 1. The van der Waals surface area contributed by atoms with Crippen molar-refractivity contribution >= 4 is 33.4 Å². The van der Waals surface area contributed by atoms with Gasteiger partial charge in [0.1, 0.15) is 6.61 Å². The summed E-state index contributed by atoms with van der Waals surface area (Å²) in [6.07, 6.45) is -1.15. The zero-order valence-corrected chi connectivity index (χ0v) is 18.4. The van der Waals surface area contributed by atoms with Crippen molar-refractivity contribution in [3.63, 3.8) is 0 Å². The van der Waals surface area contributed by atoms with E-state index in [2.05, 4.69) is 15.4 Å². The van der Waals surface area contributed by atoms with Crippen LogP contribution in [0.15, 0.2) is 29.8 Å². The highest BCUT2D eigenvalue weighted by molar-refractivity contribution is 7.92. The number of carbonyl (C=O) groups is 3. The van der Waals surface area contributed by atoms with E-state index in [1.165, 1.54) is 31.0 Å². The molecule has 14 heteroatoms. The van der Waals surface area contributed by atoms with Crippen LogP contribution in [0.4, 0.5) is 0 Å². The molecule has 0 spiro atoms. The third-order valence-corrected chi connectivity index (χ3v) is 7.15. The molecule has 1 N–H and O–H groups in total. The summed E-state index contributed by atoms with van der Waals surface area (Å²) in [5.74, 6) is -2.73. The molecule has 0 radical (unpaired) electrons. The topological polar surface area (TPSA) is 171 Å². The predicted octanol–water partition coefficient (Wildman–Crippen LogP) is -0.694. The van der Waals surface area contributed by atoms with Gasteiger partial charge in [0.15, 0.2) is 21.3 Å². The van der Waals surface area contributed by atoms with Gasteiger partial charge in [0, 0.05) is 19.6 Å². The molecule has 13 nitrogen and oxygen atoms in total. The molecule has 1 saturated heterocycles. The smallest absolute Gasteiger partial charge is 0.335 e. The fourth-order valence-electron chi connectivity index (χ4n) is 3.69. The molecule has 3 heterocycles. The molecule has 4 rings (SSSR count). The summed E-state index contributed by atoms with van der Waals surface area (Å²) < 4.78 is 35.6.